The van der Waals surface area contributed by atoms with Gasteiger partial charge >= 0.3 is 12.4 Å². The molecule has 0 aromatic carbocycles. The van der Waals surface area contributed by atoms with Gasteiger partial charge in [-0.1, -0.05) is 39.3 Å². The summed E-state index contributed by atoms with van der Waals surface area (Å²) in [5.41, 5.74) is 14.4. The summed E-state index contributed by atoms with van der Waals surface area (Å²) in [5, 5.41) is 4.45. The second-order valence-electron chi connectivity index (χ2n) is 15.7. The molecule has 0 aliphatic carbocycles. The minimum absolute atomic E-state index is 0.0383. The highest BCUT2D eigenvalue weighted by molar-refractivity contribution is 7.15. The van der Waals surface area contributed by atoms with Gasteiger partial charge in [-0.3, -0.25) is 9.80 Å². The highest BCUT2D eigenvalue weighted by atomic mass is 35.5. The average Bonchev–Trinajstić information content (AvgIpc) is 3.99. The van der Waals surface area contributed by atoms with Crippen LogP contribution < -0.4 is 32.3 Å². The summed E-state index contributed by atoms with van der Waals surface area (Å²) < 4.78 is 91.9. The van der Waals surface area contributed by atoms with E-state index in [0.717, 1.165) is 68.7 Å². The molecule has 0 amide bonds. The summed E-state index contributed by atoms with van der Waals surface area (Å²) in [6.07, 6.45) is -3.43. The van der Waals surface area contributed by atoms with Crippen molar-refractivity contribution in [1.82, 2.24) is 49.7 Å². The van der Waals surface area contributed by atoms with Crippen molar-refractivity contribution >= 4 is 73.9 Å². The maximum Gasteiger partial charge on any atom is 0.417 e. The molecule has 27 heteroatoms. The van der Waals surface area contributed by atoms with Gasteiger partial charge in [0.15, 0.2) is 10.3 Å². The Bertz CT molecular complexity index is 2640. The van der Waals surface area contributed by atoms with Gasteiger partial charge < -0.3 is 41.8 Å². The van der Waals surface area contributed by atoms with Gasteiger partial charge in [-0.25, -0.2) is 34.9 Å². The van der Waals surface area contributed by atoms with Gasteiger partial charge in [-0.05, 0) is 38.3 Å². The van der Waals surface area contributed by atoms with Gasteiger partial charge in [0.2, 0.25) is 11.9 Å². The second-order valence-corrected chi connectivity index (χ2v) is 18.3. The maximum atomic E-state index is 13.8. The lowest BCUT2D eigenvalue weighted by Crippen LogP contribution is -2.37. The molecule has 0 unspecified atom stereocenters. The molecule has 18 nitrogen and oxygen atoms in total. The third-order valence-corrected chi connectivity index (χ3v) is 12.8. The number of morpholine rings is 2. The fraction of sp³-hybridized carbons (Fsp3) is 0.455. The van der Waals surface area contributed by atoms with E-state index >= 15 is 0 Å². The number of nitrogens with two attached hydrogens (primary N) is 3. The molecule has 2 aliphatic rings. The Morgan fingerprint density at radius 2 is 1.06 bits per heavy atom. The molecule has 0 saturated carbocycles. The van der Waals surface area contributed by atoms with Gasteiger partial charge in [0, 0.05) is 97.1 Å². The summed E-state index contributed by atoms with van der Waals surface area (Å²) in [6.45, 7) is 18.3. The average molecular weight is 1050 g/mol. The summed E-state index contributed by atoms with van der Waals surface area (Å²) >= 11 is 9.03. The molecule has 6 aromatic rings. The zero-order valence-electron chi connectivity index (χ0n) is 39.4. The number of ether oxygens (including phenoxy) is 2. The van der Waals surface area contributed by atoms with Gasteiger partial charge in [0.05, 0.1) is 48.9 Å². The first kappa shape index (κ1) is 54.6. The number of hydrogen-bond donors (Lipinski definition) is 4. The van der Waals surface area contributed by atoms with Crippen LogP contribution in [-0.2, 0) is 34.9 Å². The Morgan fingerprint density at radius 3 is 1.51 bits per heavy atom. The summed E-state index contributed by atoms with van der Waals surface area (Å²) in [5.74, 6) is 0.458. The Hall–Kier alpha value is -5.77. The summed E-state index contributed by atoms with van der Waals surface area (Å²) in [7, 11) is 0. The minimum Gasteiger partial charge on any atom is -0.384 e. The van der Waals surface area contributed by atoms with Crippen LogP contribution in [0.3, 0.4) is 0 Å². The third-order valence-electron chi connectivity index (χ3n) is 10.9. The van der Waals surface area contributed by atoms with Gasteiger partial charge in [-0.15, -0.1) is 22.7 Å². The lowest BCUT2D eigenvalue weighted by atomic mass is 10.1. The molecule has 7 N–H and O–H groups in total. The predicted molar refractivity (Wildman–Crippen MR) is 266 cm³/mol. The SMILES string of the molecule is CCN(CC)Cc1cnc(N)s1.CCN(CC)Cc1cnc(Nc2cc(-c3cnc(N)cc3C(F)(F)F)nc(N3CCOCC3)n2)s1.Nc1cc(C(F)(F)F)c(-c2cc(Cl)nc(N3CCOCC3)n2)cn1. The van der Waals surface area contributed by atoms with E-state index in [2.05, 4.69) is 82.7 Å². The van der Waals surface area contributed by atoms with Crippen LogP contribution in [0.15, 0.2) is 49.1 Å². The fourth-order valence-corrected chi connectivity index (χ4v) is 8.86. The maximum absolute atomic E-state index is 13.8. The van der Waals surface area contributed by atoms with Crippen LogP contribution in [-0.4, -0.2) is 128 Å². The van der Waals surface area contributed by atoms with Gasteiger partial charge in [0.1, 0.15) is 22.6 Å². The smallest absolute Gasteiger partial charge is 0.384 e. The van der Waals surface area contributed by atoms with E-state index in [-0.39, 0.29) is 45.3 Å². The molecular formula is C44H55ClF6N16O2S2. The molecule has 71 heavy (non-hydrogen) atoms. The topological polar surface area (TPSA) is 225 Å². The van der Waals surface area contributed by atoms with Gasteiger partial charge in [-0.2, -0.15) is 31.3 Å². The largest absolute Gasteiger partial charge is 0.417 e. The molecule has 0 spiro atoms. The first-order valence-corrected chi connectivity index (χ1v) is 24.5. The van der Waals surface area contributed by atoms with E-state index in [9.17, 15) is 26.3 Å². The van der Waals surface area contributed by atoms with Crippen molar-refractivity contribution < 1.29 is 35.8 Å². The number of anilines is 7. The third kappa shape index (κ3) is 15.6. The Kier molecular flexibility index (Phi) is 19.3. The molecule has 0 bridgehead atoms. The number of hydrogen-bond acceptors (Lipinski definition) is 20. The van der Waals surface area contributed by atoms with Crippen LogP contribution >= 0.6 is 34.3 Å². The molecule has 2 saturated heterocycles. The van der Waals surface area contributed by atoms with Crippen molar-refractivity contribution in [2.24, 2.45) is 0 Å². The summed E-state index contributed by atoms with van der Waals surface area (Å²) in [4.78, 5) is 44.0. The van der Waals surface area contributed by atoms with Crippen molar-refractivity contribution in [2.75, 3.05) is 111 Å². The predicted octanol–water partition coefficient (Wildman–Crippen LogP) is 8.21. The van der Waals surface area contributed by atoms with E-state index in [1.54, 1.807) is 22.4 Å². The molecule has 8 rings (SSSR count). The molecule has 6 aromatic heterocycles. The van der Waals surface area contributed by atoms with Crippen molar-refractivity contribution in [2.45, 2.75) is 53.1 Å². The number of aromatic nitrogens is 8. The number of rotatable bonds is 14. The molecule has 2 aliphatic heterocycles. The van der Waals surface area contributed by atoms with Crippen molar-refractivity contribution in [1.29, 1.82) is 0 Å². The van der Waals surface area contributed by atoms with Crippen molar-refractivity contribution in [3.05, 3.63) is 75.1 Å². The lowest BCUT2D eigenvalue weighted by Gasteiger charge is -2.27. The zero-order chi connectivity index (χ0) is 51.3. The number of halogens is 7. The number of nitrogens with zero attached hydrogens (tertiary/aromatic N) is 12. The number of alkyl halides is 6. The van der Waals surface area contributed by atoms with E-state index in [1.165, 1.54) is 28.3 Å². The number of nitrogen functional groups attached to an aromatic ring is 3. The number of nitrogens with one attached hydrogen (secondary N) is 1. The Balaban J connectivity index is 0.000000197. The zero-order valence-corrected chi connectivity index (χ0v) is 41.8. The first-order chi connectivity index (χ1) is 33.9. The molecular weight excluding hydrogens is 998 g/mol. The van der Waals surface area contributed by atoms with Crippen molar-refractivity contribution in [3.8, 4) is 22.5 Å². The summed E-state index contributed by atoms with van der Waals surface area (Å²) in [6, 6.07) is 4.34. The van der Waals surface area contributed by atoms with E-state index < -0.39 is 23.5 Å². The Labute approximate surface area is 419 Å². The monoisotopic (exact) mass is 1050 g/mol. The van der Waals surface area contributed by atoms with Crippen LogP contribution in [0.4, 0.5) is 66.0 Å². The van der Waals surface area contributed by atoms with Crippen LogP contribution in [0, 0.1) is 0 Å². The first-order valence-electron chi connectivity index (χ1n) is 22.5. The second kappa shape index (κ2) is 25.1. The normalized spacial score (nSPS) is 14.3. The van der Waals surface area contributed by atoms with Crippen molar-refractivity contribution in [3.63, 3.8) is 0 Å². The molecule has 0 atom stereocenters. The fourth-order valence-electron chi connectivity index (χ4n) is 7.09. The molecule has 8 heterocycles. The highest BCUT2D eigenvalue weighted by Gasteiger charge is 2.36. The quantitative estimate of drug-likeness (QED) is 0.0595. The van der Waals surface area contributed by atoms with Crippen LogP contribution in [0.25, 0.3) is 22.5 Å². The van der Waals surface area contributed by atoms with E-state index in [1.807, 2.05) is 11.1 Å². The number of thiazole rings is 2. The standard InChI is InChI=1S/C22H27F3N8OS.C14H13ClF3N5O.C8H15N3S/c1-3-32(4-2)13-14-11-28-21(35-14)31-19-10-17(29-20(30-19)33-5-7-34-8-6-33)15-12-27-18(26)9-16(15)22(23,24)25;15-11-6-10(21-13(22-11)23-1-3-24-4-2-23)8-7-20-12(19)5-9(8)14(16,17)18;1-3-11(4-2)6-7-5-10-8(9)12-7/h9-12H,3-8,13H2,1-2H3,(H2,26,27)(H,28,29,30,31);5-7H,1-4H2,(H2,19,20);5H,3-4,6H2,1-2H3,(H2,9,10). The minimum atomic E-state index is -4.63. The van der Waals surface area contributed by atoms with E-state index in [4.69, 9.17) is 38.3 Å². The lowest BCUT2D eigenvalue weighted by molar-refractivity contribution is -0.137. The molecule has 384 valence electrons. The van der Waals surface area contributed by atoms with Crippen LogP contribution in [0.5, 0.6) is 0 Å². The molecule has 0 radical (unpaired) electrons. The highest BCUT2D eigenvalue weighted by Crippen LogP contribution is 2.40. The van der Waals surface area contributed by atoms with Gasteiger partial charge in [0.25, 0.3) is 0 Å². The Morgan fingerprint density at radius 1 is 0.606 bits per heavy atom. The van der Waals surface area contributed by atoms with E-state index in [0.29, 0.717) is 74.6 Å². The van der Waals surface area contributed by atoms with Crippen LogP contribution in [0.1, 0.15) is 48.6 Å². The number of pyridine rings is 2. The molecule has 2 fully saturated rings. The van der Waals surface area contributed by atoms with Crippen LogP contribution in [0.2, 0.25) is 5.15 Å².